The van der Waals surface area contributed by atoms with Crippen molar-refractivity contribution in [3.05, 3.63) is 64.7 Å². The van der Waals surface area contributed by atoms with Gasteiger partial charge >= 0.3 is 0 Å². The molecule has 0 radical (unpaired) electrons. The summed E-state index contributed by atoms with van der Waals surface area (Å²) in [4.78, 5) is 12.1. The number of aryl methyl sites for hydroxylation is 2. The number of amides is 1. The third-order valence-electron chi connectivity index (χ3n) is 3.39. The molecule has 2 aromatic rings. The van der Waals surface area contributed by atoms with E-state index in [0.717, 1.165) is 17.5 Å². The summed E-state index contributed by atoms with van der Waals surface area (Å²) in [7, 11) is 0. The molecular weight excluding hydrogens is 248 g/mol. The van der Waals surface area contributed by atoms with E-state index in [1.807, 2.05) is 25.1 Å². The molecule has 0 aliphatic carbocycles. The molecule has 3 heteroatoms. The normalized spacial score (nSPS) is 10.3. The third-order valence-corrected chi connectivity index (χ3v) is 3.39. The lowest BCUT2D eigenvalue weighted by Gasteiger charge is -2.09. The van der Waals surface area contributed by atoms with Gasteiger partial charge in [-0.2, -0.15) is 0 Å². The lowest BCUT2D eigenvalue weighted by molar-refractivity contribution is 0.0950. The minimum atomic E-state index is -0.0885. The first-order valence-electron chi connectivity index (χ1n) is 6.82. The summed E-state index contributed by atoms with van der Waals surface area (Å²) < 4.78 is 0. The molecule has 0 heterocycles. The molecule has 0 aromatic heterocycles. The van der Waals surface area contributed by atoms with Gasteiger partial charge in [-0.1, -0.05) is 37.3 Å². The standard InChI is InChI=1S/C17H20N2O/c1-3-13-5-7-14(8-6-13)11-19-17(20)16-10-15(18)9-4-12(16)2/h4-10H,3,11,18H2,1-2H3,(H,19,20). The Labute approximate surface area is 119 Å². The molecule has 3 N–H and O–H groups in total. The summed E-state index contributed by atoms with van der Waals surface area (Å²) in [6.07, 6.45) is 1.02. The fourth-order valence-electron chi connectivity index (χ4n) is 2.05. The number of nitrogens with two attached hydrogens (primary N) is 1. The Morgan fingerprint density at radius 2 is 1.75 bits per heavy atom. The molecule has 2 aromatic carbocycles. The predicted octanol–water partition coefficient (Wildman–Crippen LogP) is 3.07. The molecule has 0 saturated heterocycles. The second-order valence-electron chi connectivity index (χ2n) is 4.93. The van der Waals surface area contributed by atoms with Crippen LogP contribution in [0.15, 0.2) is 42.5 Å². The molecule has 1 amide bonds. The van der Waals surface area contributed by atoms with E-state index in [2.05, 4.69) is 24.4 Å². The Hall–Kier alpha value is -2.29. The van der Waals surface area contributed by atoms with Gasteiger partial charge in [-0.05, 0) is 42.2 Å². The maximum absolute atomic E-state index is 12.1. The molecule has 104 valence electrons. The Morgan fingerprint density at radius 1 is 1.10 bits per heavy atom. The van der Waals surface area contributed by atoms with Crippen molar-refractivity contribution < 1.29 is 4.79 Å². The van der Waals surface area contributed by atoms with Gasteiger partial charge in [-0.15, -0.1) is 0 Å². The summed E-state index contributed by atoms with van der Waals surface area (Å²) in [6.45, 7) is 4.56. The van der Waals surface area contributed by atoms with Crippen LogP contribution in [0.4, 0.5) is 5.69 Å². The molecule has 0 bridgehead atoms. The second-order valence-corrected chi connectivity index (χ2v) is 4.93. The quantitative estimate of drug-likeness (QED) is 0.837. The summed E-state index contributed by atoms with van der Waals surface area (Å²) in [5.74, 6) is -0.0885. The van der Waals surface area contributed by atoms with Crippen LogP contribution in [0.3, 0.4) is 0 Å². The number of nitrogens with one attached hydrogen (secondary N) is 1. The Morgan fingerprint density at radius 3 is 2.40 bits per heavy atom. The SMILES string of the molecule is CCc1ccc(CNC(=O)c2cc(N)ccc2C)cc1. The molecule has 0 spiro atoms. The lowest BCUT2D eigenvalue weighted by atomic mass is 10.1. The monoisotopic (exact) mass is 268 g/mol. The minimum Gasteiger partial charge on any atom is -0.399 e. The van der Waals surface area contributed by atoms with Gasteiger partial charge in [-0.3, -0.25) is 4.79 Å². The molecule has 0 unspecified atom stereocenters. The highest BCUT2D eigenvalue weighted by Crippen LogP contribution is 2.13. The molecule has 0 atom stereocenters. The third kappa shape index (κ3) is 3.38. The topological polar surface area (TPSA) is 55.1 Å². The first-order chi connectivity index (χ1) is 9.60. The number of hydrogen-bond acceptors (Lipinski definition) is 2. The maximum atomic E-state index is 12.1. The first kappa shape index (κ1) is 14.1. The van der Waals surface area contributed by atoms with Gasteiger partial charge in [0.1, 0.15) is 0 Å². The Bertz CT molecular complexity index is 603. The van der Waals surface area contributed by atoms with E-state index >= 15 is 0 Å². The van der Waals surface area contributed by atoms with Crippen LogP contribution >= 0.6 is 0 Å². The van der Waals surface area contributed by atoms with E-state index in [-0.39, 0.29) is 5.91 Å². The van der Waals surface area contributed by atoms with Crippen molar-refractivity contribution in [3.8, 4) is 0 Å². The summed E-state index contributed by atoms with van der Waals surface area (Å²) in [6, 6.07) is 13.7. The summed E-state index contributed by atoms with van der Waals surface area (Å²) in [5.41, 5.74) is 10.3. The fraction of sp³-hybridized carbons (Fsp3) is 0.235. The average Bonchev–Trinajstić information content (AvgIpc) is 2.47. The Kier molecular flexibility index (Phi) is 4.41. The number of anilines is 1. The van der Waals surface area contributed by atoms with Crippen LogP contribution in [0, 0.1) is 6.92 Å². The van der Waals surface area contributed by atoms with Crippen molar-refractivity contribution in [1.29, 1.82) is 0 Å². The smallest absolute Gasteiger partial charge is 0.251 e. The first-order valence-corrected chi connectivity index (χ1v) is 6.82. The minimum absolute atomic E-state index is 0.0885. The molecule has 0 saturated carbocycles. The number of hydrogen-bond donors (Lipinski definition) is 2. The maximum Gasteiger partial charge on any atom is 0.251 e. The van der Waals surface area contributed by atoms with Crippen LogP contribution in [0.2, 0.25) is 0 Å². The fourth-order valence-corrected chi connectivity index (χ4v) is 2.05. The van der Waals surface area contributed by atoms with E-state index in [9.17, 15) is 4.79 Å². The van der Waals surface area contributed by atoms with Crippen molar-refractivity contribution in [2.75, 3.05) is 5.73 Å². The number of rotatable bonds is 4. The van der Waals surface area contributed by atoms with Crippen LogP contribution in [0.1, 0.15) is 34.0 Å². The molecule has 2 rings (SSSR count). The zero-order valence-electron chi connectivity index (χ0n) is 11.9. The second kappa shape index (κ2) is 6.24. The van der Waals surface area contributed by atoms with Crippen LogP contribution in [-0.2, 0) is 13.0 Å². The number of carbonyl (C=O) groups excluding carboxylic acids is 1. The lowest BCUT2D eigenvalue weighted by Crippen LogP contribution is -2.23. The largest absolute Gasteiger partial charge is 0.399 e. The van der Waals surface area contributed by atoms with Gasteiger partial charge in [0.05, 0.1) is 0 Å². The van der Waals surface area contributed by atoms with E-state index in [4.69, 9.17) is 5.73 Å². The van der Waals surface area contributed by atoms with Crippen LogP contribution < -0.4 is 11.1 Å². The summed E-state index contributed by atoms with van der Waals surface area (Å²) in [5, 5.41) is 2.93. The molecule has 0 aliphatic rings. The number of carbonyl (C=O) groups is 1. The van der Waals surface area contributed by atoms with Crippen molar-refractivity contribution >= 4 is 11.6 Å². The van der Waals surface area contributed by atoms with E-state index in [1.165, 1.54) is 5.56 Å². The van der Waals surface area contributed by atoms with Gasteiger partial charge < -0.3 is 11.1 Å². The van der Waals surface area contributed by atoms with Gasteiger partial charge in [0.25, 0.3) is 5.91 Å². The van der Waals surface area contributed by atoms with Gasteiger partial charge in [0.2, 0.25) is 0 Å². The van der Waals surface area contributed by atoms with E-state index < -0.39 is 0 Å². The molecule has 3 nitrogen and oxygen atoms in total. The Balaban J connectivity index is 2.02. The highest BCUT2D eigenvalue weighted by molar-refractivity contribution is 5.96. The van der Waals surface area contributed by atoms with Crippen LogP contribution in [0.5, 0.6) is 0 Å². The predicted molar refractivity (Wildman–Crippen MR) is 82.6 cm³/mol. The molecular formula is C17H20N2O. The average molecular weight is 268 g/mol. The molecule has 20 heavy (non-hydrogen) atoms. The van der Waals surface area contributed by atoms with Crippen molar-refractivity contribution in [1.82, 2.24) is 5.32 Å². The van der Waals surface area contributed by atoms with Gasteiger partial charge in [-0.25, -0.2) is 0 Å². The zero-order chi connectivity index (χ0) is 14.5. The zero-order valence-corrected chi connectivity index (χ0v) is 11.9. The van der Waals surface area contributed by atoms with Crippen molar-refractivity contribution in [2.45, 2.75) is 26.8 Å². The summed E-state index contributed by atoms with van der Waals surface area (Å²) >= 11 is 0. The highest BCUT2D eigenvalue weighted by Gasteiger charge is 2.08. The van der Waals surface area contributed by atoms with Crippen molar-refractivity contribution in [3.63, 3.8) is 0 Å². The highest BCUT2D eigenvalue weighted by atomic mass is 16.1. The van der Waals surface area contributed by atoms with Crippen molar-refractivity contribution in [2.24, 2.45) is 0 Å². The van der Waals surface area contributed by atoms with E-state index in [0.29, 0.717) is 17.8 Å². The molecule has 0 aliphatic heterocycles. The van der Waals surface area contributed by atoms with Crippen LogP contribution in [0.25, 0.3) is 0 Å². The number of benzene rings is 2. The van der Waals surface area contributed by atoms with Crippen LogP contribution in [-0.4, -0.2) is 5.91 Å². The van der Waals surface area contributed by atoms with E-state index in [1.54, 1.807) is 12.1 Å². The van der Waals surface area contributed by atoms with Gasteiger partial charge in [0, 0.05) is 17.8 Å². The van der Waals surface area contributed by atoms with Gasteiger partial charge in [0.15, 0.2) is 0 Å². The number of nitrogen functional groups attached to an aromatic ring is 1. The molecule has 0 fully saturated rings.